The zero-order chi connectivity index (χ0) is 14.0. The van der Waals surface area contributed by atoms with Crippen LogP contribution in [0.5, 0.6) is 0 Å². The van der Waals surface area contributed by atoms with Crippen molar-refractivity contribution in [1.29, 1.82) is 0 Å². The van der Waals surface area contributed by atoms with Crippen LogP contribution < -0.4 is 5.73 Å². The SMILES string of the molecule is CC1CC(C)CC(OC(=O)c2cc(I)ccc2N)C1. The first kappa shape index (κ1) is 14.6. The quantitative estimate of drug-likeness (QED) is 0.487. The lowest BCUT2D eigenvalue weighted by atomic mass is 9.82. The van der Waals surface area contributed by atoms with Crippen molar-refractivity contribution in [2.24, 2.45) is 11.8 Å². The first-order chi connectivity index (χ1) is 8.95. The van der Waals surface area contributed by atoms with Crippen molar-refractivity contribution in [3.63, 3.8) is 0 Å². The lowest BCUT2D eigenvalue weighted by molar-refractivity contribution is 0.00816. The summed E-state index contributed by atoms with van der Waals surface area (Å²) in [4.78, 5) is 12.2. The molecule has 0 saturated heterocycles. The van der Waals surface area contributed by atoms with E-state index in [2.05, 4.69) is 36.4 Å². The van der Waals surface area contributed by atoms with Gasteiger partial charge in [-0.15, -0.1) is 0 Å². The van der Waals surface area contributed by atoms with Crippen LogP contribution in [0.15, 0.2) is 18.2 Å². The molecule has 0 spiro atoms. The van der Waals surface area contributed by atoms with E-state index in [0.29, 0.717) is 23.1 Å². The number of nitrogen functional groups attached to an aromatic ring is 1. The smallest absolute Gasteiger partial charge is 0.340 e. The summed E-state index contributed by atoms with van der Waals surface area (Å²) in [6.07, 6.45) is 3.17. The predicted octanol–water partition coefficient (Wildman–Crippen LogP) is 3.85. The second kappa shape index (κ2) is 6.11. The molecule has 4 heteroatoms. The highest BCUT2D eigenvalue weighted by molar-refractivity contribution is 14.1. The molecule has 0 bridgehead atoms. The Balaban J connectivity index is 2.06. The molecule has 0 amide bonds. The summed E-state index contributed by atoms with van der Waals surface area (Å²) in [7, 11) is 0. The maximum Gasteiger partial charge on any atom is 0.340 e. The van der Waals surface area contributed by atoms with Crippen LogP contribution in [0.3, 0.4) is 0 Å². The monoisotopic (exact) mass is 373 g/mol. The van der Waals surface area contributed by atoms with Gasteiger partial charge in [-0.2, -0.15) is 0 Å². The molecule has 1 aliphatic rings. The summed E-state index contributed by atoms with van der Waals surface area (Å²) in [5.41, 5.74) is 6.82. The number of nitrogens with two attached hydrogens (primary N) is 1. The van der Waals surface area contributed by atoms with Gasteiger partial charge in [0.1, 0.15) is 6.10 Å². The van der Waals surface area contributed by atoms with Gasteiger partial charge in [0, 0.05) is 9.26 Å². The molecule has 2 rings (SSSR count). The Morgan fingerprint density at radius 1 is 1.26 bits per heavy atom. The highest BCUT2D eigenvalue weighted by atomic mass is 127. The van der Waals surface area contributed by atoms with Crippen LogP contribution in [-0.2, 0) is 4.74 Å². The average molecular weight is 373 g/mol. The third-order valence-corrected chi connectivity index (χ3v) is 4.32. The summed E-state index contributed by atoms with van der Waals surface area (Å²) < 4.78 is 6.62. The Hall–Kier alpha value is -0.780. The number of ether oxygens (including phenoxy) is 1. The van der Waals surface area contributed by atoms with Crippen molar-refractivity contribution in [3.05, 3.63) is 27.3 Å². The lowest BCUT2D eigenvalue weighted by Gasteiger charge is -2.31. The van der Waals surface area contributed by atoms with E-state index < -0.39 is 0 Å². The van der Waals surface area contributed by atoms with E-state index in [1.54, 1.807) is 12.1 Å². The molecule has 0 aromatic heterocycles. The molecule has 104 valence electrons. The fourth-order valence-electron chi connectivity index (χ4n) is 2.89. The Morgan fingerprint density at radius 2 is 1.89 bits per heavy atom. The summed E-state index contributed by atoms with van der Waals surface area (Å²) >= 11 is 2.17. The lowest BCUT2D eigenvalue weighted by Crippen LogP contribution is -2.28. The van der Waals surface area contributed by atoms with Gasteiger partial charge in [0.05, 0.1) is 5.56 Å². The normalized spacial score (nSPS) is 27.0. The van der Waals surface area contributed by atoms with Gasteiger partial charge >= 0.3 is 5.97 Å². The summed E-state index contributed by atoms with van der Waals surface area (Å²) in [5, 5.41) is 0. The van der Waals surface area contributed by atoms with Gasteiger partial charge in [-0.1, -0.05) is 13.8 Å². The third kappa shape index (κ3) is 3.84. The zero-order valence-corrected chi connectivity index (χ0v) is 13.5. The van der Waals surface area contributed by atoms with Gasteiger partial charge in [0.25, 0.3) is 0 Å². The van der Waals surface area contributed by atoms with Crippen molar-refractivity contribution in [2.75, 3.05) is 5.73 Å². The van der Waals surface area contributed by atoms with E-state index in [1.165, 1.54) is 6.42 Å². The van der Waals surface area contributed by atoms with Crippen LogP contribution in [-0.4, -0.2) is 12.1 Å². The largest absolute Gasteiger partial charge is 0.459 e. The molecule has 2 unspecified atom stereocenters. The maximum absolute atomic E-state index is 12.2. The average Bonchev–Trinajstić information content (AvgIpc) is 2.30. The number of esters is 1. The van der Waals surface area contributed by atoms with Crippen molar-refractivity contribution in [3.8, 4) is 0 Å². The van der Waals surface area contributed by atoms with Crippen LogP contribution in [0.2, 0.25) is 0 Å². The molecular formula is C15H20INO2. The van der Waals surface area contributed by atoms with Gasteiger partial charge < -0.3 is 10.5 Å². The van der Waals surface area contributed by atoms with Crippen LogP contribution in [0.1, 0.15) is 43.5 Å². The molecule has 0 aliphatic heterocycles. The van der Waals surface area contributed by atoms with Crippen molar-refractivity contribution < 1.29 is 9.53 Å². The summed E-state index contributed by atoms with van der Waals surface area (Å²) in [6.45, 7) is 4.44. The molecule has 3 nitrogen and oxygen atoms in total. The minimum absolute atomic E-state index is 0.0310. The number of benzene rings is 1. The Bertz CT molecular complexity index is 465. The van der Waals surface area contributed by atoms with Crippen molar-refractivity contribution >= 4 is 34.2 Å². The molecule has 1 saturated carbocycles. The summed E-state index contributed by atoms with van der Waals surface area (Å²) in [5.74, 6) is 0.951. The number of anilines is 1. The Kier molecular flexibility index (Phi) is 4.71. The van der Waals surface area contributed by atoms with E-state index in [-0.39, 0.29) is 12.1 Å². The van der Waals surface area contributed by atoms with Crippen LogP contribution in [0.25, 0.3) is 0 Å². The van der Waals surface area contributed by atoms with Crippen molar-refractivity contribution in [2.45, 2.75) is 39.2 Å². The van der Waals surface area contributed by atoms with E-state index in [4.69, 9.17) is 10.5 Å². The molecule has 2 atom stereocenters. The molecule has 1 fully saturated rings. The van der Waals surface area contributed by atoms with Gasteiger partial charge in [-0.3, -0.25) is 0 Å². The summed E-state index contributed by atoms with van der Waals surface area (Å²) in [6, 6.07) is 5.43. The van der Waals surface area contributed by atoms with Gasteiger partial charge in [-0.05, 0) is 71.9 Å². The fraction of sp³-hybridized carbons (Fsp3) is 0.533. The second-order valence-corrected chi connectivity index (χ2v) is 6.92. The number of carbonyl (C=O) groups excluding carboxylic acids is 1. The number of rotatable bonds is 2. The van der Waals surface area contributed by atoms with E-state index in [1.807, 2.05) is 6.07 Å². The highest BCUT2D eigenvalue weighted by Crippen LogP contribution is 2.31. The van der Waals surface area contributed by atoms with Crippen molar-refractivity contribution in [1.82, 2.24) is 0 Å². The molecule has 1 aromatic rings. The number of carbonyl (C=O) groups is 1. The number of hydrogen-bond acceptors (Lipinski definition) is 3. The van der Waals surface area contributed by atoms with E-state index >= 15 is 0 Å². The van der Waals surface area contributed by atoms with Crippen LogP contribution in [0, 0.1) is 15.4 Å². The first-order valence-corrected chi connectivity index (χ1v) is 7.79. The first-order valence-electron chi connectivity index (χ1n) is 6.71. The second-order valence-electron chi connectivity index (χ2n) is 5.68. The fourth-order valence-corrected chi connectivity index (χ4v) is 3.38. The molecular weight excluding hydrogens is 353 g/mol. The number of hydrogen-bond donors (Lipinski definition) is 1. The third-order valence-electron chi connectivity index (χ3n) is 3.64. The molecule has 1 aromatic carbocycles. The maximum atomic E-state index is 12.2. The Morgan fingerprint density at radius 3 is 2.53 bits per heavy atom. The molecule has 0 radical (unpaired) electrons. The zero-order valence-electron chi connectivity index (χ0n) is 11.4. The molecule has 19 heavy (non-hydrogen) atoms. The minimum Gasteiger partial charge on any atom is -0.459 e. The minimum atomic E-state index is -0.290. The van der Waals surface area contributed by atoms with Crippen LogP contribution in [0.4, 0.5) is 5.69 Å². The topological polar surface area (TPSA) is 52.3 Å². The Labute approximate surface area is 128 Å². The van der Waals surface area contributed by atoms with E-state index in [9.17, 15) is 4.79 Å². The molecule has 2 N–H and O–H groups in total. The highest BCUT2D eigenvalue weighted by Gasteiger charge is 2.27. The molecule has 0 heterocycles. The van der Waals surface area contributed by atoms with Gasteiger partial charge in [0.15, 0.2) is 0 Å². The van der Waals surface area contributed by atoms with Gasteiger partial charge in [0.2, 0.25) is 0 Å². The predicted molar refractivity (Wildman–Crippen MR) is 85.0 cm³/mol. The van der Waals surface area contributed by atoms with Crippen LogP contribution >= 0.6 is 22.6 Å². The van der Waals surface area contributed by atoms with Gasteiger partial charge in [-0.25, -0.2) is 4.79 Å². The number of halogens is 1. The molecule has 1 aliphatic carbocycles. The standard InChI is InChI=1S/C15H20INO2/c1-9-5-10(2)7-12(6-9)19-15(18)13-8-11(16)3-4-14(13)17/h3-4,8-10,12H,5-7,17H2,1-2H3. The van der Waals surface area contributed by atoms with E-state index in [0.717, 1.165) is 16.4 Å².